The Morgan fingerprint density at radius 1 is 1.18 bits per heavy atom. The highest BCUT2D eigenvalue weighted by Crippen LogP contribution is 2.17. The van der Waals surface area contributed by atoms with Crippen molar-refractivity contribution in [3.8, 4) is 0 Å². The van der Waals surface area contributed by atoms with Crippen molar-refractivity contribution in [1.29, 1.82) is 0 Å². The fourth-order valence-corrected chi connectivity index (χ4v) is 2.65. The molecule has 22 heavy (non-hydrogen) atoms. The van der Waals surface area contributed by atoms with E-state index >= 15 is 0 Å². The highest BCUT2D eigenvalue weighted by atomic mass is 127. The van der Waals surface area contributed by atoms with Crippen LogP contribution in [0.3, 0.4) is 0 Å². The first kappa shape index (κ1) is 19.1. The smallest absolute Gasteiger partial charge is 0.191 e. The monoisotopic (exact) mass is 416 g/mol. The van der Waals surface area contributed by atoms with Crippen LogP contribution in [0, 0.1) is 0 Å². The summed E-state index contributed by atoms with van der Waals surface area (Å²) in [5.74, 6) is 0.945. The number of rotatable bonds is 5. The summed E-state index contributed by atoms with van der Waals surface area (Å²) in [7, 11) is 4.11. The summed E-state index contributed by atoms with van der Waals surface area (Å²) in [5, 5.41) is 6.89. The third-order valence-electron chi connectivity index (χ3n) is 3.91. The zero-order valence-corrected chi connectivity index (χ0v) is 16.3. The van der Waals surface area contributed by atoms with Crippen LogP contribution in [0.15, 0.2) is 29.3 Å². The zero-order chi connectivity index (χ0) is 15.1. The van der Waals surface area contributed by atoms with E-state index in [0.29, 0.717) is 6.04 Å². The molecule has 1 aromatic rings. The maximum absolute atomic E-state index is 4.70. The van der Waals surface area contributed by atoms with Gasteiger partial charge in [0.25, 0.3) is 0 Å². The number of nitrogens with zero attached hydrogens (tertiary/aromatic N) is 2. The van der Waals surface area contributed by atoms with Crippen LogP contribution in [0.2, 0.25) is 0 Å². The van der Waals surface area contributed by atoms with E-state index in [-0.39, 0.29) is 24.0 Å². The Morgan fingerprint density at radius 2 is 1.82 bits per heavy atom. The number of nitrogens with one attached hydrogen (secondary N) is 2. The van der Waals surface area contributed by atoms with Crippen LogP contribution in [-0.4, -0.2) is 32.6 Å². The van der Waals surface area contributed by atoms with Gasteiger partial charge in [-0.1, -0.05) is 25.0 Å². The standard InChI is InChI=1S/C17H28N4.HI/c1-4-18-17(20-15-7-5-6-8-15)19-13-14-9-11-16(12-10-14)21(2)3;/h9-12,15H,4-8,13H2,1-3H3,(H2,18,19,20);1H. The molecule has 0 bridgehead atoms. The Bertz CT molecular complexity index is 450. The van der Waals surface area contributed by atoms with Gasteiger partial charge in [-0.15, -0.1) is 24.0 Å². The van der Waals surface area contributed by atoms with Crippen molar-refractivity contribution in [2.75, 3.05) is 25.5 Å². The van der Waals surface area contributed by atoms with Crippen LogP contribution in [0.4, 0.5) is 5.69 Å². The Kier molecular flexibility index (Phi) is 8.60. The topological polar surface area (TPSA) is 39.7 Å². The van der Waals surface area contributed by atoms with E-state index in [1.54, 1.807) is 0 Å². The van der Waals surface area contributed by atoms with Crippen LogP contribution < -0.4 is 15.5 Å². The third-order valence-corrected chi connectivity index (χ3v) is 3.91. The van der Waals surface area contributed by atoms with E-state index < -0.39 is 0 Å². The van der Waals surface area contributed by atoms with Gasteiger partial charge in [0.15, 0.2) is 5.96 Å². The second-order valence-corrected chi connectivity index (χ2v) is 5.88. The summed E-state index contributed by atoms with van der Waals surface area (Å²) in [5.41, 5.74) is 2.46. The Labute approximate surface area is 151 Å². The molecule has 2 rings (SSSR count). The molecule has 1 aliphatic rings. The van der Waals surface area contributed by atoms with Gasteiger partial charge in [-0.05, 0) is 37.5 Å². The summed E-state index contributed by atoms with van der Waals surface area (Å²) in [6.45, 7) is 3.73. The van der Waals surface area contributed by atoms with Gasteiger partial charge in [0.1, 0.15) is 0 Å². The Morgan fingerprint density at radius 3 is 2.36 bits per heavy atom. The van der Waals surface area contributed by atoms with Gasteiger partial charge < -0.3 is 15.5 Å². The predicted molar refractivity (Wildman–Crippen MR) is 106 cm³/mol. The molecular formula is C17H29IN4. The van der Waals surface area contributed by atoms with Gasteiger partial charge >= 0.3 is 0 Å². The van der Waals surface area contributed by atoms with Gasteiger partial charge in [-0.2, -0.15) is 0 Å². The molecule has 4 nitrogen and oxygen atoms in total. The molecule has 0 aromatic heterocycles. The minimum absolute atomic E-state index is 0. The summed E-state index contributed by atoms with van der Waals surface area (Å²) in [6, 6.07) is 9.18. The number of aliphatic imine (C=N–C) groups is 1. The van der Waals surface area contributed by atoms with Crippen molar-refractivity contribution in [3.63, 3.8) is 0 Å². The molecule has 2 N–H and O–H groups in total. The number of halogens is 1. The zero-order valence-electron chi connectivity index (χ0n) is 13.9. The number of guanidine groups is 1. The lowest BCUT2D eigenvalue weighted by molar-refractivity contribution is 0.614. The summed E-state index contributed by atoms with van der Waals surface area (Å²) < 4.78 is 0. The minimum Gasteiger partial charge on any atom is -0.378 e. The lowest BCUT2D eigenvalue weighted by Gasteiger charge is -2.16. The third kappa shape index (κ3) is 6.02. The van der Waals surface area contributed by atoms with Crippen LogP contribution in [0.25, 0.3) is 0 Å². The highest BCUT2D eigenvalue weighted by molar-refractivity contribution is 14.0. The molecule has 0 heterocycles. The second-order valence-electron chi connectivity index (χ2n) is 5.88. The van der Waals surface area contributed by atoms with Gasteiger partial charge in [0.05, 0.1) is 6.54 Å². The van der Waals surface area contributed by atoms with E-state index in [1.807, 2.05) is 0 Å². The SMILES string of the molecule is CCNC(=NCc1ccc(N(C)C)cc1)NC1CCCC1.I. The fourth-order valence-electron chi connectivity index (χ4n) is 2.65. The van der Waals surface area contributed by atoms with Crippen molar-refractivity contribution in [1.82, 2.24) is 10.6 Å². The highest BCUT2D eigenvalue weighted by Gasteiger charge is 2.15. The largest absolute Gasteiger partial charge is 0.378 e. The molecule has 0 radical (unpaired) electrons. The van der Waals surface area contributed by atoms with Crippen molar-refractivity contribution in [2.45, 2.75) is 45.2 Å². The number of hydrogen-bond donors (Lipinski definition) is 2. The van der Waals surface area contributed by atoms with E-state index in [0.717, 1.165) is 19.0 Å². The number of hydrogen-bond acceptors (Lipinski definition) is 2. The molecule has 124 valence electrons. The van der Waals surface area contributed by atoms with Crippen LogP contribution in [0.5, 0.6) is 0 Å². The van der Waals surface area contributed by atoms with Gasteiger partial charge in [-0.3, -0.25) is 0 Å². The molecular weight excluding hydrogens is 387 g/mol. The molecule has 1 saturated carbocycles. The molecule has 0 atom stereocenters. The Hall–Kier alpha value is -0.980. The maximum atomic E-state index is 4.70. The average molecular weight is 416 g/mol. The molecule has 0 amide bonds. The van der Waals surface area contributed by atoms with E-state index in [9.17, 15) is 0 Å². The lowest BCUT2D eigenvalue weighted by atomic mass is 10.2. The molecule has 0 saturated heterocycles. The van der Waals surface area contributed by atoms with Crippen molar-refractivity contribution < 1.29 is 0 Å². The van der Waals surface area contributed by atoms with Crippen LogP contribution >= 0.6 is 24.0 Å². The number of anilines is 1. The predicted octanol–water partition coefficient (Wildman–Crippen LogP) is 3.37. The van der Waals surface area contributed by atoms with Gasteiger partial charge in [0, 0.05) is 32.4 Å². The molecule has 5 heteroatoms. The van der Waals surface area contributed by atoms with Crippen LogP contribution in [-0.2, 0) is 6.54 Å². The van der Waals surface area contributed by atoms with Crippen molar-refractivity contribution in [3.05, 3.63) is 29.8 Å². The molecule has 0 unspecified atom stereocenters. The fraction of sp³-hybridized carbons (Fsp3) is 0.588. The summed E-state index contributed by atoms with van der Waals surface area (Å²) >= 11 is 0. The normalized spacial score (nSPS) is 15.3. The second kappa shape index (κ2) is 9.92. The first-order chi connectivity index (χ1) is 10.2. The first-order valence-corrected chi connectivity index (χ1v) is 8.00. The maximum Gasteiger partial charge on any atom is 0.191 e. The summed E-state index contributed by atoms with van der Waals surface area (Å²) in [6.07, 6.45) is 5.20. The molecule has 1 aliphatic carbocycles. The molecule has 1 fully saturated rings. The molecule has 1 aromatic carbocycles. The van der Waals surface area contributed by atoms with Crippen molar-refractivity contribution in [2.24, 2.45) is 4.99 Å². The minimum atomic E-state index is 0. The molecule has 0 aliphatic heterocycles. The van der Waals surface area contributed by atoms with Gasteiger partial charge in [0.2, 0.25) is 0 Å². The first-order valence-electron chi connectivity index (χ1n) is 8.00. The lowest BCUT2D eigenvalue weighted by Crippen LogP contribution is -2.42. The van der Waals surface area contributed by atoms with E-state index in [4.69, 9.17) is 4.99 Å². The van der Waals surface area contributed by atoms with Gasteiger partial charge in [-0.25, -0.2) is 4.99 Å². The Balaban J connectivity index is 0.00000242. The summed E-state index contributed by atoms with van der Waals surface area (Å²) in [4.78, 5) is 6.81. The average Bonchev–Trinajstić information content (AvgIpc) is 2.98. The van der Waals surface area contributed by atoms with Crippen molar-refractivity contribution >= 4 is 35.6 Å². The quantitative estimate of drug-likeness (QED) is 0.439. The van der Waals surface area contributed by atoms with E-state index in [2.05, 4.69) is 60.8 Å². The molecule has 0 spiro atoms. The van der Waals surface area contributed by atoms with E-state index in [1.165, 1.54) is 36.9 Å². The van der Waals surface area contributed by atoms with Crippen LogP contribution in [0.1, 0.15) is 38.2 Å². The number of benzene rings is 1.